The molecule has 0 aliphatic carbocycles. The van der Waals surface area contributed by atoms with Crippen molar-refractivity contribution in [3.05, 3.63) is 53.6 Å². The number of nitrogens with one attached hydrogen (secondary N) is 3. The van der Waals surface area contributed by atoms with E-state index in [0.717, 1.165) is 17.7 Å². The maximum Gasteiger partial charge on any atom is 0.257 e. The molecule has 2 aromatic carbocycles. The molecule has 0 spiro atoms. The third kappa shape index (κ3) is 6.06. The molecule has 0 atom stereocenters. The average Bonchev–Trinajstić information content (AvgIpc) is 2.69. The fourth-order valence-corrected chi connectivity index (χ4v) is 2.60. The molecule has 0 saturated carbocycles. The number of thiocarbonyl (C=S) groups is 1. The summed E-state index contributed by atoms with van der Waals surface area (Å²) in [7, 11) is 0. The first-order valence-electron chi connectivity index (χ1n) is 9.19. The highest BCUT2D eigenvalue weighted by atomic mass is 32.1. The summed E-state index contributed by atoms with van der Waals surface area (Å²) in [5.74, 6) is 0.343. The second-order valence-corrected chi connectivity index (χ2v) is 6.57. The summed E-state index contributed by atoms with van der Waals surface area (Å²) in [6.45, 7) is 6.33. The standard InChI is InChI=1S/C21H25N3O3S/c1-4-13-27-16-11-9-15(10-12-16)20(26)24-21(28)23-18-8-6-7-17(14(18)3)22-19(25)5-2/h6-12H,4-5,13H2,1-3H3,(H,22,25)(H2,23,24,26,28). The zero-order valence-electron chi connectivity index (χ0n) is 16.3. The molecular weight excluding hydrogens is 374 g/mol. The number of carbonyl (C=O) groups excluding carboxylic acids is 2. The van der Waals surface area contributed by atoms with E-state index in [2.05, 4.69) is 16.0 Å². The fourth-order valence-electron chi connectivity index (χ4n) is 2.40. The van der Waals surface area contributed by atoms with Crippen molar-refractivity contribution in [3.63, 3.8) is 0 Å². The molecule has 0 radical (unpaired) electrons. The molecule has 0 heterocycles. The first-order chi connectivity index (χ1) is 13.4. The molecule has 0 aliphatic heterocycles. The van der Waals surface area contributed by atoms with Crippen molar-refractivity contribution in [2.45, 2.75) is 33.6 Å². The van der Waals surface area contributed by atoms with Crippen LogP contribution in [-0.2, 0) is 4.79 Å². The van der Waals surface area contributed by atoms with Gasteiger partial charge in [0.05, 0.1) is 6.61 Å². The van der Waals surface area contributed by atoms with Gasteiger partial charge in [0, 0.05) is 23.4 Å². The maximum atomic E-state index is 12.4. The molecule has 2 aromatic rings. The van der Waals surface area contributed by atoms with Crippen molar-refractivity contribution < 1.29 is 14.3 Å². The molecule has 0 aromatic heterocycles. The summed E-state index contributed by atoms with van der Waals surface area (Å²) >= 11 is 5.25. The Kier molecular flexibility index (Phi) is 7.95. The highest BCUT2D eigenvalue weighted by molar-refractivity contribution is 7.80. The van der Waals surface area contributed by atoms with E-state index < -0.39 is 0 Å². The lowest BCUT2D eigenvalue weighted by molar-refractivity contribution is -0.115. The van der Waals surface area contributed by atoms with Gasteiger partial charge in [-0.3, -0.25) is 14.9 Å². The normalized spacial score (nSPS) is 10.1. The van der Waals surface area contributed by atoms with Gasteiger partial charge < -0.3 is 15.4 Å². The van der Waals surface area contributed by atoms with Crippen LogP contribution in [0.15, 0.2) is 42.5 Å². The lowest BCUT2D eigenvalue weighted by atomic mass is 10.1. The van der Waals surface area contributed by atoms with Crippen LogP contribution in [0.2, 0.25) is 0 Å². The summed E-state index contributed by atoms with van der Waals surface area (Å²) in [6, 6.07) is 12.3. The molecule has 7 heteroatoms. The molecule has 0 fully saturated rings. The Labute approximate surface area is 170 Å². The lowest BCUT2D eigenvalue weighted by Crippen LogP contribution is -2.34. The minimum Gasteiger partial charge on any atom is -0.494 e. The third-order valence-corrected chi connectivity index (χ3v) is 4.20. The highest BCUT2D eigenvalue weighted by Gasteiger charge is 2.11. The zero-order valence-corrected chi connectivity index (χ0v) is 17.1. The van der Waals surface area contributed by atoms with Crippen molar-refractivity contribution in [1.29, 1.82) is 0 Å². The van der Waals surface area contributed by atoms with Crippen molar-refractivity contribution in [2.24, 2.45) is 0 Å². The smallest absolute Gasteiger partial charge is 0.257 e. The molecule has 0 bridgehead atoms. The number of rotatable bonds is 7. The van der Waals surface area contributed by atoms with E-state index in [4.69, 9.17) is 17.0 Å². The van der Waals surface area contributed by atoms with Crippen LogP contribution in [0.3, 0.4) is 0 Å². The van der Waals surface area contributed by atoms with Crippen LogP contribution in [0, 0.1) is 6.92 Å². The molecule has 3 N–H and O–H groups in total. The summed E-state index contributed by atoms with van der Waals surface area (Å²) in [6.07, 6.45) is 1.32. The van der Waals surface area contributed by atoms with E-state index in [9.17, 15) is 9.59 Å². The first-order valence-corrected chi connectivity index (χ1v) is 9.60. The van der Waals surface area contributed by atoms with Crippen LogP contribution in [-0.4, -0.2) is 23.5 Å². The van der Waals surface area contributed by atoms with Crippen LogP contribution in [0.5, 0.6) is 5.75 Å². The van der Waals surface area contributed by atoms with Gasteiger partial charge in [0.25, 0.3) is 5.91 Å². The van der Waals surface area contributed by atoms with Crippen LogP contribution in [0.25, 0.3) is 0 Å². The molecule has 148 valence electrons. The predicted molar refractivity (Wildman–Crippen MR) is 116 cm³/mol. The number of benzene rings is 2. The summed E-state index contributed by atoms with van der Waals surface area (Å²) in [5, 5.41) is 8.68. The van der Waals surface area contributed by atoms with Gasteiger partial charge in [-0.25, -0.2) is 0 Å². The van der Waals surface area contributed by atoms with Gasteiger partial charge in [0.1, 0.15) is 5.75 Å². The van der Waals surface area contributed by atoms with Crippen molar-refractivity contribution in [2.75, 3.05) is 17.2 Å². The van der Waals surface area contributed by atoms with Crippen LogP contribution in [0.4, 0.5) is 11.4 Å². The molecule has 0 aliphatic rings. The number of ether oxygens (including phenoxy) is 1. The van der Waals surface area contributed by atoms with Crippen molar-refractivity contribution >= 4 is 40.5 Å². The minimum absolute atomic E-state index is 0.0671. The Morgan fingerprint density at radius 3 is 2.25 bits per heavy atom. The summed E-state index contributed by atoms with van der Waals surface area (Å²) in [5.41, 5.74) is 2.73. The topological polar surface area (TPSA) is 79.5 Å². The molecule has 28 heavy (non-hydrogen) atoms. The zero-order chi connectivity index (χ0) is 20.5. The third-order valence-electron chi connectivity index (χ3n) is 3.99. The number of hydrogen-bond acceptors (Lipinski definition) is 4. The Hall–Kier alpha value is -2.93. The van der Waals surface area contributed by atoms with Gasteiger partial charge in [-0.05, 0) is 67.5 Å². The van der Waals surface area contributed by atoms with E-state index in [1.54, 1.807) is 37.3 Å². The molecule has 2 amide bonds. The quantitative estimate of drug-likeness (QED) is 0.606. The van der Waals surface area contributed by atoms with Crippen molar-refractivity contribution in [1.82, 2.24) is 5.32 Å². The second kappa shape index (κ2) is 10.4. The van der Waals surface area contributed by atoms with Crippen LogP contribution >= 0.6 is 12.2 Å². The van der Waals surface area contributed by atoms with Gasteiger partial charge >= 0.3 is 0 Å². The van der Waals surface area contributed by atoms with Gasteiger partial charge in [0.15, 0.2) is 5.11 Å². The molecule has 0 unspecified atom stereocenters. The minimum atomic E-state index is -0.312. The Bertz CT molecular complexity index is 850. The van der Waals surface area contributed by atoms with Gasteiger partial charge in [-0.15, -0.1) is 0 Å². The number of carbonyl (C=O) groups is 2. The SMILES string of the molecule is CCCOc1ccc(C(=O)NC(=S)Nc2cccc(NC(=O)CC)c2C)cc1. The van der Waals surface area contributed by atoms with Gasteiger partial charge in [-0.2, -0.15) is 0 Å². The Morgan fingerprint density at radius 2 is 1.64 bits per heavy atom. The van der Waals surface area contributed by atoms with E-state index >= 15 is 0 Å². The fraction of sp³-hybridized carbons (Fsp3) is 0.286. The first kappa shape index (κ1) is 21.4. The molecule has 2 rings (SSSR count). The van der Waals surface area contributed by atoms with E-state index in [1.807, 2.05) is 26.0 Å². The largest absolute Gasteiger partial charge is 0.494 e. The number of hydrogen-bond donors (Lipinski definition) is 3. The lowest BCUT2D eigenvalue weighted by Gasteiger charge is -2.15. The van der Waals surface area contributed by atoms with E-state index in [1.165, 1.54) is 0 Å². The number of anilines is 2. The maximum absolute atomic E-state index is 12.4. The van der Waals surface area contributed by atoms with Gasteiger partial charge in [0.2, 0.25) is 5.91 Å². The summed E-state index contributed by atoms with van der Waals surface area (Å²) in [4.78, 5) is 24.0. The van der Waals surface area contributed by atoms with Crippen LogP contribution < -0.4 is 20.7 Å². The number of amides is 2. The van der Waals surface area contributed by atoms with Gasteiger partial charge in [-0.1, -0.05) is 19.9 Å². The summed E-state index contributed by atoms with van der Waals surface area (Å²) < 4.78 is 5.51. The Morgan fingerprint density at radius 1 is 1.00 bits per heavy atom. The average molecular weight is 400 g/mol. The monoisotopic (exact) mass is 399 g/mol. The Balaban J connectivity index is 1.99. The molecule has 6 nitrogen and oxygen atoms in total. The van der Waals surface area contributed by atoms with Crippen molar-refractivity contribution in [3.8, 4) is 5.75 Å². The highest BCUT2D eigenvalue weighted by Crippen LogP contribution is 2.23. The van der Waals surface area contributed by atoms with E-state index in [-0.39, 0.29) is 16.9 Å². The molecule has 0 saturated heterocycles. The second-order valence-electron chi connectivity index (χ2n) is 6.16. The van der Waals surface area contributed by atoms with Crippen LogP contribution in [0.1, 0.15) is 42.6 Å². The predicted octanol–water partition coefficient (Wildman–Crippen LogP) is 4.26. The van der Waals surface area contributed by atoms with E-state index in [0.29, 0.717) is 30.0 Å². The molecular formula is C21H25N3O3S.